The van der Waals surface area contributed by atoms with Crippen LogP contribution in [-0.2, 0) is 29.6 Å². The van der Waals surface area contributed by atoms with Gasteiger partial charge in [0.1, 0.15) is 4.75 Å². The minimum atomic E-state index is -4.01. The molecule has 11 nitrogen and oxygen atoms in total. The van der Waals surface area contributed by atoms with E-state index < -0.39 is 42.9 Å². The maximum Gasteiger partial charge on any atom is 0.281 e. The van der Waals surface area contributed by atoms with Crippen molar-refractivity contribution in [3.8, 4) is 21.8 Å². The molecule has 1 aliphatic heterocycles. The Hall–Kier alpha value is -2.62. The summed E-state index contributed by atoms with van der Waals surface area (Å²) in [6.07, 6.45) is 2.27. The van der Waals surface area contributed by atoms with E-state index in [0.717, 1.165) is 24.6 Å². The van der Waals surface area contributed by atoms with E-state index in [9.17, 15) is 26.8 Å². The summed E-state index contributed by atoms with van der Waals surface area (Å²) in [5.74, 6) is -0.712. The lowest BCUT2D eigenvalue weighted by atomic mass is 9.97. The topological polar surface area (TPSA) is 150 Å². The van der Waals surface area contributed by atoms with E-state index in [2.05, 4.69) is 4.98 Å². The molecular weight excluding hydrogens is 528 g/mol. The molecular formula is C22H26N4O7S3. The monoisotopic (exact) mass is 554 g/mol. The number of aromatic nitrogens is 1. The van der Waals surface area contributed by atoms with Crippen molar-refractivity contribution in [3.63, 3.8) is 0 Å². The summed E-state index contributed by atoms with van der Waals surface area (Å²) in [5.41, 5.74) is 3.19. The molecule has 1 aromatic carbocycles. The molecule has 2 aromatic heterocycles. The second-order valence-electron chi connectivity index (χ2n) is 8.57. The van der Waals surface area contributed by atoms with Gasteiger partial charge in [-0.25, -0.2) is 18.9 Å². The molecule has 14 heteroatoms. The molecule has 4 rings (SSSR count). The van der Waals surface area contributed by atoms with E-state index in [1.807, 2.05) is 24.3 Å². The number of oxazole rings is 1. The van der Waals surface area contributed by atoms with E-state index in [1.165, 1.54) is 37.3 Å². The zero-order valence-electron chi connectivity index (χ0n) is 19.6. The lowest BCUT2D eigenvalue weighted by molar-refractivity contribution is -0.129. The largest absolute Gasteiger partial charge is 0.444 e. The van der Waals surface area contributed by atoms with Crippen molar-refractivity contribution in [1.82, 2.24) is 19.1 Å². The Bertz CT molecular complexity index is 1430. The summed E-state index contributed by atoms with van der Waals surface area (Å²) in [4.78, 5) is 17.4. The van der Waals surface area contributed by atoms with Gasteiger partial charge in [0.05, 0.1) is 18.4 Å². The molecule has 0 radical (unpaired) electrons. The molecule has 1 unspecified atom stereocenters. The summed E-state index contributed by atoms with van der Waals surface area (Å²) < 4.78 is 58.4. The molecule has 0 spiro atoms. The first-order valence-electron chi connectivity index (χ1n) is 10.9. The SMILES string of the molecule is CN(C)S(=O)(=O)N1CCC(CC(=O)NO)(c2ccc(-c3ccc(-c4cnco4)cc3)s2)S(=O)(=O)CC1. The van der Waals surface area contributed by atoms with E-state index in [0.29, 0.717) is 10.6 Å². The van der Waals surface area contributed by atoms with E-state index in [-0.39, 0.29) is 19.5 Å². The molecule has 2 N–H and O–H groups in total. The van der Waals surface area contributed by atoms with Gasteiger partial charge < -0.3 is 4.42 Å². The number of hydrogen-bond donors (Lipinski definition) is 2. The van der Waals surface area contributed by atoms with Crippen LogP contribution in [0.1, 0.15) is 17.7 Å². The van der Waals surface area contributed by atoms with Crippen LogP contribution in [0.2, 0.25) is 0 Å². The van der Waals surface area contributed by atoms with Crippen LogP contribution in [0, 0.1) is 0 Å². The molecule has 0 aliphatic carbocycles. The molecule has 1 amide bonds. The Balaban J connectivity index is 1.73. The predicted molar refractivity (Wildman–Crippen MR) is 134 cm³/mol. The Labute approximate surface area is 213 Å². The first-order valence-corrected chi connectivity index (χ1v) is 14.8. The van der Waals surface area contributed by atoms with Crippen LogP contribution in [0.3, 0.4) is 0 Å². The van der Waals surface area contributed by atoms with Crippen LogP contribution in [0.5, 0.6) is 0 Å². The van der Waals surface area contributed by atoms with E-state index >= 15 is 0 Å². The number of rotatable bonds is 7. The Morgan fingerprint density at radius 2 is 1.89 bits per heavy atom. The van der Waals surface area contributed by atoms with Crippen molar-refractivity contribution in [3.05, 3.63) is 53.9 Å². The number of nitrogens with one attached hydrogen (secondary N) is 1. The van der Waals surface area contributed by atoms with Gasteiger partial charge >= 0.3 is 0 Å². The number of amides is 1. The van der Waals surface area contributed by atoms with Crippen LogP contribution in [0.25, 0.3) is 21.8 Å². The maximum absolute atomic E-state index is 13.6. The van der Waals surface area contributed by atoms with Crippen LogP contribution < -0.4 is 5.48 Å². The number of sulfone groups is 1. The Morgan fingerprint density at radius 3 is 2.50 bits per heavy atom. The van der Waals surface area contributed by atoms with Gasteiger partial charge in [-0.3, -0.25) is 10.0 Å². The van der Waals surface area contributed by atoms with Gasteiger partial charge in [-0.05, 0) is 24.1 Å². The smallest absolute Gasteiger partial charge is 0.281 e. The van der Waals surface area contributed by atoms with Gasteiger partial charge in [-0.15, -0.1) is 11.3 Å². The normalized spacial score (nSPS) is 20.8. The van der Waals surface area contributed by atoms with Crippen molar-refractivity contribution in [2.24, 2.45) is 0 Å². The minimum Gasteiger partial charge on any atom is -0.444 e. The number of hydrogen-bond acceptors (Lipinski definition) is 9. The van der Waals surface area contributed by atoms with E-state index in [4.69, 9.17) is 4.42 Å². The predicted octanol–water partition coefficient (Wildman–Crippen LogP) is 2.09. The summed E-state index contributed by atoms with van der Waals surface area (Å²) in [6.45, 7) is -0.329. The van der Waals surface area contributed by atoms with Gasteiger partial charge in [-0.1, -0.05) is 24.3 Å². The second kappa shape index (κ2) is 10.0. The van der Waals surface area contributed by atoms with Crippen LogP contribution >= 0.6 is 11.3 Å². The van der Waals surface area contributed by atoms with Crippen LogP contribution in [0.4, 0.5) is 0 Å². The molecule has 3 aromatic rings. The molecule has 0 bridgehead atoms. The van der Waals surface area contributed by atoms with Crippen LogP contribution in [0.15, 0.2) is 53.4 Å². The number of carbonyl (C=O) groups excluding carboxylic acids is 1. The zero-order chi connectivity index (χ0) is 26.1. The Morgan fingerprint density at radius 1 is 1.19 bits per heavy atom. The van der Waals surface area contributed by atoms with Gasteiger partial charge in [0.15, 0.2) is 22.0 Å². The van der Waals surface area contributed by atoms with Crippen molar-refractivity contribution in [2.45, 2.75) is 17.6 Å². The highest BCUT2D eigenvalue weighted by Gasteiger charge is 2.50. The van der Waals surface area contributed by atoms with Crippen molar-refractivity contribution in [1.29, 1.82) is 0 Å². The summed E-state index contributed by atoms with van der Waals surface area (Å²) >= 11 is 1.22. The number of nitrogens with zero attached hydrogens (tertiary/aromatic N) is 3. The molecule has 1 fully saturated rings. The summed E-state index contributed by atoms with van der Waals surface area (Å²) in [6, 6.07) is 10.9. The number of thiophene rings is 1. The van der Waals surface area contributed by atoms with Crippen molar-refractivity contribution >= 4 is 37.3 Å². The third kappa shape index (κ3) is 4.84. The highest BCUT2D eigenvalue weighted by Crippen LogP contribution is 2.45. The van der Waals surface area contributed by atoms with Crippen molar-refractivity contribution < 1.29 is 31.3 Å². The molecule has 36 heavy (non-hydrogen) atoms. The lowest BCUT2D eigenvalue weighted by Crippen LogP contribution is -2.42. The third-order valence-corrected chi connectivity index (χ3v) is 12.2. The quantitative estimate of drug-likeness (QED) is 0.333. The fourth-order valence-corrected chi connectivity index (χ4v) is 9.04. The summed E-state index contributed by atoms with van der Waals surface area (Å²) in [5, 5.41) is 9.19. The first kappa shape index (κ1) is 26.4. The fraction of sp³-hybridized carbons (Fsp3) is 0.364. The Kier molecular flexibility index (Phi) is 7.37. The highest BCUT2D eigenvalue weighted by atomic mass is 32.2. The minimum absolute atomic E-state index is 0.0996. The molecule has 1 aliphatic rings. The zero-order valence-corrected chi connectivity index (χ0v) is 22.1. The van der Waals surface area contributed by atoms with Gasteiger partial charge in [0.2, 0.25) is 5.91 Å². The first-order chi connectivity index (χ1) is 17.0. The molecule has 3 heterocycles. The molecule has 1 atom stereocenters. The average molecular weight is 555 g/mol. The highest BCUT2D eigenvalue weighted by molar-refractivity contribution is 7.92. The third-order valence-electron chi connectivity index (χ3n) is 6.27. The standard InChI is InChI=1S/C22H26N4O7S3/c1-25(2)36(31,32)26-10-9-22(13-21(27)24-28,35(29,30)12-11-26)20-8-7-19(34-20)17-5-3-16(4-6-17)18-14-23-15-33-18/h3-8,14-15,28H,9-13H2,1-2H3,(H,24,27). The van der Waals surface area contributed by atoms with E-state index in [1.54, 1.807) is 18.3 Å². The molecule has 1 saturated heterocycles. The number of hydroxylamine groups is 1. The summed E-state index contributed by atoms with van der Waals surface area (Å²) in [7, 11) is -5.12. The number of benzene rings is 1. The van der Waals surface area contributed by atoms with Gasteiger partial charge in [0, 0.05) is 42.5 Å². The fourth-order valence-electron chi connectivity index (χ4n) is 4.21. The lowest BCUT2D eigenvalue weighted by Gasteiger charge is -2.30. The second-order valence-corrected chi connectivity index (χ2v) is 14.2. The maximum atomic E-state index is 13.6. The molecule has 194 valence electrons. The average Bonchev–Trinajstić information content (AvgIpc) is 3.53. The van der Waals surface area contributed by atoms with Gasteiger partial charge in [0.25, 0.3) is 10.2 Å². The van der Waals surface area contributed by atoms with Crippen molar-refractivity contribution in [2.75, 3.05) is 32.9 Å². The molecule has 0 saturated carbocycles. The number of carbonyl (C=O) groups is 1. The van der Waals surface area contributed by atoms with Crippen LogP contribution in [-0.4, -0.2) is 74.5 Å². The van der Waals surface area contributed by atoms with Gasteiger partial charge in [-0.2, -0.15) is 17.0 Å².